The van der Waals surface area contributed by atoms with Crippen LogP contribution in [0, 0.1) is 6.92 Å². The van der Waals surface area contributed by atoms with E-state index in [2.05, 4.69) is 40.5 Å². The Morgan fingerprint density at radius 3 is 1.85 bits per heavy atom. The van der Waals surface area contributed by atoms with E-state index in [9.17, 15) is 0 Å². The van der Waals surface area contributed by atoms with Gasteiger partial charge in [-0.05, 0) is 12.5 Å². The van der Waals surface area contributed by atoms with Gasteiger partial charge in [0.25, 0.3) is 0 Å². The number of benzene rings is 1. The number of hydrogen-bond donors (Lipinski definition) is 0. The minimum Gasteiger partial charge on any atom is -0.379 e. The van der Waals surface area contributed by atoms with Gasteiger partial charge in [0, 0.05) is 31.5 Å². The standard InChI is InChI=1S/C15H23N2O2P/c1-14-4-2-3-5-15(14)20(16-6-10-18-11-7-16)17-8-12-19-13-9-17/h2-5H,6-13H2,1H3. The van der Waals surface area contributed by atoms with Crippen molar-refractivity contribution in [2.75, 3.05) is 52.6 Å². The lowest BCUT2D eigenvalue weighted by Gasteiger charge is -2.43. The molecule has 5 heteroatoms. The van der Waals surface area contributed by atoms with E-state index < -0.39 is 8.22 Å². The Morgan fingerprint density at radius 1 is 0.850 bits per heavy atom. The zero-order valence-corrected chi connectivity index (χ0v) is 13.0. The lowest BCUT2D eigenvalue weighted by atomic mass is 10.2. The van der Waals surface area contributed by atoms with Crippen molar-refractivity contribution < 1.29 is 9.47 Å². The van der Waals surface area contributed by atoms with Crippen molar-refractivity contribution in [3.63, 3.8) is 0 Å². The van der Waals surface area contributed by atoms with Crippen LogP contribution in [0.4, 0.5) is 0 Å². The van der Waals surface area contributed by atoms with E-state index in [1.807, 2.05) is 0 Å². The SMILES string of the molecule is Cc1ccccc1P(N1CCOCC1)N1CCOCC1. The summed E-state index contributed by atoms with van der Waals surface area (Å²) in [7, 11) is -0.406. The summed E-state index contributed by atoms with van der Waals surface area (Å²) >= 11 is 0. The third-order valence-electron chi connectivity index (χ3n) is 3.84. The van der Waals surface area contributed by atoms with Crippen molar-refractivity contribution >= 4 is 13.5 Å². The van der Waals surface area contributed by atoms with Gasteiger partial charge in [-0.3, -0.25) is 9.34 Å². The van der Waals surface area contributed by atoms with E-state index >= 15 is 0 Å². The summed E-state index contributed by atoms with van der Waals surface area (Å²) in [5.41, 5.74) is 1.40. The number of ether oxygens (including phenoxy) is 2. The Bertz CT molecular complexity index is 414. The van der Waals surface area contributed by atoms with Crippen LogP contribution >= 0.6 is 8.22 Å². The molecule has 4 nitrogen and oxygen atoms in total. The Kier molecular flexibility index (Phi) is 5.03. The van der Waals surface area contributed by atoms with Gasteiger partial charge in [0.1, 0.15) is 0 Å². The molecule has 1 aromatic rings. The van der Waals surface area contributed by atoms with Gasteiger partial charge >= 0.3 is 0 Å². The highest BCUT2D eigenvalue weighted by atomic mass is 31.1. The van der Waals surface area contributed by atoms with Gasteiger partial charge < -0.3 is 9.47 Å². The zero-order valence-electron chi connectivity index (χ0n) is 12.1. The molecule has 2 heterocycles. The Morgan fingerprint density at radius 2 is 1.35 bits per heavy atom. The topological polar surface area (TPSA) is 24.9 Å². The molecule has 0 atom stereocenters. The van der Waals surface area contributed by atoms with E-state index in [1.54, 1.807) is 0 Å². The van der Waals surface area contributed by atoms with Gasteiger partial charge in [0.05, 0.1) is 34.7 Å². The molecular formula is C15H23N2O2P. The number of nitrogens with zero attached hydrogens (tertiary/aromatic N) is 2. The average molecular weight is 294 g/mol. The fourth-order valence-corrected chi connectivity index (χ4v) is 5.42. The van der Waals surface area contributed by atoms with Gasteiger partial charge in [0.15, 0.2) is 0 Å². The van der Waals surface area contributed by atoms with E-state index in [-0.39, 0.29) is 0 Å². The van der Waals surface area contributed by atoms with E-state index in [1.165, 1.54) is 10.9 Å². The molecule has 2 fully saturated rings. The predicted molar refractivity (Wildman–Crippen MR) is 82.5 cm³/mol. The van der Waals surface area contributed by atoms with Crippen LogP contribution in [0.3, 0.4) is 0 Å². The highest BCUT2D eigenvalue weighted by Gasteiger charge is 2.30. The molecule has 20 heavy (non-hydrogen) atoms. The molecule has 0 N–H and O–H groups in total. The molecule has 1 aromatic carbocycles. The number of hydrogen-bond acceptors (Lipinski definition) is 4. The third-order valence-corrected chi connectivity index (χ3v) is 6.65. The van der Waals surface area contributed by atoms with Crippen LogP contribution in [0.2, 0.25) is 0 Å². The van der Waals surface area contributed by atoms with Crippen LogP contribution in [-0.2, 0) is 9.47 Å². The van der Waals surface area contributed by atoms with Crippen molar-refractivity contribution in [2.45, 2.75) is 6.92 Å². The molecule has 2 aliphatic rings. The summed E-state index contributed by atoms with van der Waals surface area (Å²) in [6, 6.07) is 8.82. The molecule has 0 aromatic heterocycles. The maximum Gasteiger partial charge on any atom is 0.0730 e. The molecule has 2 saturated heterocycles. The fraction of sp³-hybridized carbons (Fsp3) is 0.600. The molecule has 0 radical (unpaired) electrons. The largest absolute Gasteiger partial charge is 0.379 e. The lowest BCUT2D eigenvalue weighted by molar-refractivity contribution is 0.0593. The van der Waals surface area contributed by atoms with Crippen LogP contribution in [-0.4, -0.2) is 61.9 Å². The summed E-state index contributed by atoms with van der Waals surface area (Å²) in [5.74, 6) is 0. The van der Waals surface area contributed by atoms with Crippen molar-refractivity contribution in [3.05, 3.63) is 29.8 Å². The fourth-order valence-electron chi connectivity index (χ4n) is 2.76. The van der Waals surface area contributed by atoms with E-state index in [0.717, 1.165) is 52.6 Å². The lowest BCUT2D eigenvalue weighted by Crippen LogP contribution is -2.44. The number of morpholine rings is 2. The number of rotatable bonds is 3. The first kappa shape index (κ1) is 14.4. The van der Waals surface area contributed by atoms with Crippen LogP contribution in [0.15, 0.2) is 24.3 Å². The second-order valence-electron chi connectivity index (χ2n) is 5.21. The predicted octanol–water partition coefficient (Wildman–Crippen LogP) is 1.60. The van der Waals surface area contributed by atoms with Crippen molar-refractivity contribution in [2.24, 2.45) is 0 Å². The van der Waals surface area contributed by atoms with Gasteiger partial charge in [-0.2, -0.15) is 0 Å². The highest BCUT2D eigenvalue weighted by molar-refractivity contribution is 7.61. The third kappa shape index (κ3) is 3.21. The molecule has 110 valence electrons. The van der Waals surface area contributed by atoms with E-state index in [0.29, 0.717) is 0 Å². The van der Waals surface area contributed by atoms with Crippen molar-refractivity contribution in [1.82, 2.24) is 9.34 Å². The molecule has 0 spiro atoms. The molecule has 0 saturated carbocycles. The van der Waals surface area contributed by atoms with Crippen molar-refractivity contribution in [1.29, 1.82) is 0 Å². The number of aryl methyl sites for hydroxylation is 1. The van der Waals surface area contributed by atoms with Gasteiger partial charge in [0.2, 0.25) is 0 Å². The van der Waals surface area contributed by atoms with Gasteiger partial charge in [-0.15, -0.1) is 0 Å². The normalized spacial score (nSPS) is 22.3. The second-order valence-corrected chi connectivity index (χ2v) is 7.40. The monoisotopic (exact) mass is 294 g/mol. The Hall–Kier alpha value is -0.510. The summed E-state index contributed by atoms with van der Waals surface area (Å²) in [4.78, 5) is 0. The molecular weight excluding hydrogens is 271 g/mol. The smallest absolute Gasteiger partial charge is 0.0730 e. The first-order chi connectivity index (χ1) is 9.86. The summed E-state index contributed by atoms with van der Waals surface area (Å²) in [5, 5.41) is 1.49. The second kappa shape index (κ2) is 6.97. The minimum atomic E-state index is -0.406. The van der Waals surface area contributed by atoms with Crippen LogP contribution in [0.25, 0.3) is 0 Å². The van der Waals surface area contributed by atoms with Crippen molar-refractivity contribution in [3.8, 4) is 0 Å². The highest BCUT2D eigenvalue weighted by Crippen LogP contribution is 2.44. The van der Waals surface area contributed by atoms with Crippen LogP contribution in [0.5, 0.6) is 0 Å². The molecule has 2 aliphatic heterocycles. The van der Waals surface area contributed by atoms with Crippen LogP contribution in [0.1, 0.15) is 5.56 Å². The summed E-state index contributed by atoms with van der Waals surface area (Å²) in [6.45, 7) is 9.81. The molecule has 0 amide bonds. The van der Waals surface area contributed by atoms with Gasteiger partial charge in [-0.1, -0.05) is 24.3 Å². The summed E-state index contributed by atoms with van der Waals surface area (Å²) < 4.78 is 16.3. The molecule has 0 aliphatic carbocycles. The van der Waals surface area contributed by atoms with E-state index in [4.69, 9.17) is 9.47 Å². The average Bonchev–Trinajstić information content (AvgIpc) is 2.52. The quantitative estimate of drug-likeness (QED) is 0.791. The van der Waals surface area contributed by atoms with Gasteiger partial charge in [-0.25, -0.2) is 0 Å². The maximum absolute atomic E-state index is 5.53. The first-order valence-corrected chi connectivity index (χ1v) is 8.62. The molecule has 0 unspecified atom stereocenters. The first-order valence-electron chi connectivity index (χ1n) is 7.37. The summed E-state index contributed by atoms with van der Waals surface area (Å²) in [6.07, 6.45) is 0. The minimum absolute atomic E-state index is 0.406. The van der Waals surface area contributed by atoms with Crippen LogP contribution < -0.4 is 5.30 Å². The Balaban J connectivity index is 1.87. The molecule has 0 bridgehead atoms. The molecule has 3 rings (SSSR count). The zero-order chi connectivity index (χ0) is 13.8. The maximum atomic E-state index is 5.53. The Labute approximate surface area is 122 Å².